The van der Waals surface area contributed by atoms with Crippen LogP contribution in [0.25, 0.3) is 0 Å². The number of hydrogen-bond acceptors (Lipinski definition) is 6. The molecule has 2 aromatic carbocycles. The quantitative estimate of drug-likeness (QED) is 0.279. The molecule has 2 aromatic rings. The van der Waals surface area contributed by atoms with Crippen LogP contribution < -0.4 is 10.6 Å². The van der Waals surface area contributed by atoms with Crippen molar-refractivity contribution < 1.29 is 20.4 Å². The molecule has 2 rings (SSSR count). The molecule has 0 aliphatic rings. The predicted molar refractivity (Wildman–Crippen MR) is 137 cm³/mol. The summed E-state index contributed by atoms with van der Waals surface area (Å²) < 4.78 is 0. The maximum Gasteiger partial charge on any atom is 0.173 e. The molecule has 0 atom stereocenters. The lowest BCUT2D eigenvalue weighted by atomic mass is 10.3. The molecule has 0 aliphatic heterocycles. The molecule has 0 radical (unpaired) electrons. The van der Waals surface area contributed by atoms with Gasteiger partial charge in [-0.05, 0) is 48.7 Å². The van der Waals surface area contributed by atoms with Crippen molar-refractivity contribution in [3.8, 4) is 0 Å². The average molecular weight is 481 g/mol. The summed E-state index contributed by atoms with van der Waals surface area (Å²) in [7, 11) is 0. The van der Waals surface area contributed by atoms with Crippen molar-refractivity contribution >= 4 is 46.0 Å². The zero-order chi connectivity index (χ0) is 23.6. The Labute approximate surface area is 200 Å². The first-order valence-corrected chi connectivity index (χ1v) is 11.0. The summed E-state index contributed by atoms with van der Waals surface area (Å²) in [4.78, 5) is 3.45. The summed E-state index contributed by atoms with van der Waals surface area (Å²) in [5.74, 6) is 0. The van der Waals surface area contributed by atoms with Gasteiger partial charge in [-0.1, -0.05) is 36.4 Å². The van der Waals surface area contributed by atoms with Gasteiger partial charge in [0.2, 0.25) is 0 Å². The fraction of sp³-hybridized carbons (Fsp3) is 0.364. The van der Waals surface area contributed by atoms with Crippen LogP contribution >= 0.6 is 24.4 Å². The van der Waals surface area contributed by atoms with Crippen molar-refractivity contribution in [1.29, 1.82) is 0 Å². The smallest absolute Gasteiger partial charge is 0.173 e. The Bertz CT molecular complexity index is 692. The molecule has 0 heterocycles. The second kappa shape index (κ2) is 17.2. The normalized spacial score (nSPS) is 9.88. The number of nitrogens with zero attached hydrogens (tertiary/aromatic N) is 2. The Morgan fingerprint density at radius 1 is 0.562 bits per heavy atom. The highest BCUT2D eigenvalue weighted by Crippen LogP contribution is 2.07. The van der Waals surface area contributed by atoms with Crippen LogP contribution in [0.2, 0.25) is 0 Å². The van der Waals surface area contributed by atoms with Crippen LogP contribution in [0.15, 0.2) is 60.7 Å². The first kappa shape index (κ1) is 27.7. The number of rotatable bonds is 10. The monoisotopic (exact) mass is 480 g/mol. The molecule has 0 amide bonds. The standard InChI is InChI=1S/2C11H16N2O2S/c2*14-8-6-13(7-9-15)11(16)12-10-4-2-1-3-5-10/h2*1-5,14-15H,6-9H2,(H,12,16). The minimum atomic E-state index is 0.0105. The maximum absolute atomic E-state index is 8.87. The van der Waals surface area contributed by atoms with E-state index in [1.165, 1.54) is 0 Å². The zero-order valence-electron chi connectivity index (χ0n) is 17.9. The van der Waals surface area contributed by atoms with Crippen LogP contribution in [0.4, 0.5) is 11.4 Å². The third-order valence-electron chi connectivity index (χ3n) is 4.10. The van der Waals surface area contributed by atoms with Crippen LogP contribution in [0.5, 0.6) is 0 Å². The Hall–Kier alpha value is -2.34. The topological polar surface area (TPSA) is 111 Å². The van der Waals surface area contributed by atoms with Gasteiger partial charge in [0.15, 0.2) is 10.2 Å². The van der Waals surface area contributed by atoms with E-state index in [9.17, 15) is 0 Å². The van der Waals surface area contributed by atoms with Crippen LogP contribution in [0.3, 0.4) is 0 Å². The highest BCUT2D eigenvalue weighted by Gasteiger charge is 2.09. The molecule has 0 fully saturated rings. The molecule has 176 valence electrons. The lowest BCUT2D eigenvalue weighted by molar-refractivity contribution is 0.213. The van der Waals surface area contributed by atoms with E-state index in [1.54, 1.807) is 9.80 Å². The molecule has 0 bridgehead atoms. The van der Waals surface area contributed by atoms with E-state index in [2.05, 4.69) is 10.6 Å². The largest absolute Gasteiger partial charge is 0.395 e. The number of anilines is 2. The summed E-state index contributed by atoms with van der Waals surface area (Å²) in [6.45, 7) is 1.71. The number of nitrogens with one attached hydrogen (secondary N) is 2. The van der Waals surface area contributed by atoms with E-state index >= 15 is 0 Å². The minimum Gasteiger partial charge on any atom is -0.395 e. The molecule has 0 spiro atoms. The van der Waals surface area contributed by atoms with Gasteiger partial charge in [-0.2, -0.15) is 0 Å². The fourth-order valence-corrected chi connectivity index (χ4v) is 3.16. The van der Waals surface area contributed by atoms with Crippen LogP contribution in [0, 0.1) is 0 Å². The minimum absolute atomic E-state index is 0.0105. The Kier molecular flexibility index (Phi) is 14.9. The van der Waals surface area contributed by atoms with Gasteiger partial charge >= 0.3 is 0 Å². The van der Waals surface area contributed by atoms with E-state index in [0.717, 1.165) is 11.4 Å². The molecule has 0 unspecified atom stereocenters. The zero-order valence-corrected chi connectivity index (χ0v) is 19.6. The second-order valence-electron chi connectivity index (χ2n) is 6.46. The predicted octanol–water partition coefficient (Wildman–Crippen LogP) is 1.34. The molecule has 10 heteroatoms. The molecule has 0 aromatic heterocycles. The molecule has 32 heavy (non-hydrogen) atoms. The Morgan fingerprint density at radius 3 is 1.09 bits per heavy atom. The third-order valence-corrected chi connectivity index (χ3v) is 4.82. The second-order valence-corrected chi connectivity index (χ2v) is 7.23. The van der Waals surface area contributed by atoms with Crippen molar-refractivity contribution in [2.24, 2.45) is 0 Å². The fourth-order valence-electron chi connectivity index (χ4n) is 2.56. The van der Waals surface area contributed by atoms with E-state index < -0.39 is 0 Å². The van der Waals surface area contributed by atoms with Crippen molar-refractivity contribution in [3.05, 3.63) is 60.7 Å². The van der Waals surface area contributed by atoms with Crippen molar-refractivity contribution in [3.63, 3.8) is 0 Å². The number of para-hydroxylation sites is 2. The third kappa shape index (κ3) is 11.3. The van der Waals surface area contributed by atoms with Crippen LogP contribution in [-0.4, -0.2) is 93.1 Å². The lowest BCUT2D eigenvalue weighted by Crippen LogP contribution is -2.38. The van der Waals surface area contributed by atoms with E-state index in [4.69, 9.17) is 44.9 Å². The van der Waals surface area contributed by atoms with Crippen molar-refractivity contribution in [1.82, 2.24) is 9.80 Å². The highest BCUT2D eigenvalue weighted by molar-refractivity contribution is 7.80. The Morgan fingerprint density at radius 2 is 0.844 bits per heavy atom. The number of benzene rings is 2. The molecule has 6 N–H and O–H groups in total. The molecular formula is C22H32N4O4S2. The summed E-state index contributed by atoms with van der Waals surface area (Å²) in [6.07, 6.45) is 0. The summed E-state index contributed by atoms with van der Waals surface area (Å²) in [5, 5.41) is 42.6. The number of aliphatic hydroxyl groups excluding tert-OH is 4. The van der Waals surface area contributed by atoms with Gasteiger partial charge in [0.1, 0.15) is 0 Å². The van der Waals surface area contributed by atoms with Crippen molar-refractivity contribution in [2.45, 2.75) is 0 Å². The molecule has 0 saturated heterocycles. The maximum atomic E-state index is 8.87. The van der Waals surface area contributed by atoms with Gasteiger partial charge in [-0.15, -0.1) is 0 Å². The first-order valence-electron chi connectivity index (χ1n) is 10.2. The van der Waals surface area contributed by atoms with Gasteiger partial charge in [0.05, 0.1) is 26.4 Å². The number of hydrogen-bond donors (Lipinski definition) is 6. The van der Waals surface area contributed by atoms with Crippen LogP contribution in [-0.2, 0) is 0 Å². The molecule has 8 nitrogen and oxygen atoms in total. The van der Waals surface area contributed by atoms with Gasteiger partial charge in [-0.25, -0.2) is 0 Å². The summed E-state index contributed by atoms with van der Waals surface area (Å²) >= 11 is 10.4. The molecule has 0 saturated carbocycles. The van der Waals surface area contributed by atoms with E-state index in [1.807, 2.05) is 60.7 Å². The van der Waals surface area contributed by atoms with Crippen LogP contribution in [0.1, 0.15) is 0 Å². The first-order chi connectivity index (χ1) is 15.5. The average Bonchev–Trinajstić information content (AvgIpc) is 2.80. The van der Waals surface area contributed by atoms with E-state index in [-0.39, 0.29) is 26.4 Å². The number of thiocarbonyl (C=S) groups is 2. The van der Waals surface area contributed by atoms with Gasteiger partial charge < -0.3 is 40.9 Å². The molecular weight excluding hydrogens is 448 g/mol. The highest BCUT2D eigenvalue weighted by atomic mass is 32.1. The Balaban J connectivity index is 0.000000320. The lowest BCUT2D eigenvalue weighted by Gasteiger charge is -2.24. The SMILES string of the molecule is OCCN(CCO)C(=S)Nc1ccccc1.OCCN(CCO)C(=S)Nc1ccccc1. The van der Waals surface area contributed by atoms with Gasteiger partial charge in [-0.3, -0.25) is 0 Å². The van der Waals surface area contributed by atoms with Crippen molar-refractivity contribution in [2.75, 3.05) is 63.2 Å². The van der Waals surface area contributed by atoms with Gasteiger partial charge in [0.25, 0.3) is 0 Å². The van der Waals surface area contributed by atoms with Gasteiger partial charge in [0, 0.05) is 37.6 Å². The number of aliphatic hydroxyl groups is 4. The summed E-state index contributed by atoms with van der Waals surface area (Å²) in [6, 6.07) is 19.1. The summed E-state index contributed by atoms with van der Waals surface area (Å²) in [5.41, 5.74) is 1.79. The van der Waals surface area contributed by atoms with E-state index in [0.29, 0.717) is 36.4 Å². The molecule has 0 aliphatic carbocycles.